The van der Waals surface area contributed by atoms with Crippen LogP contribution in [0.15, 0.2) is 6.33 Å². The van der Waals surface area contributed by atoms with Gasteiger partial charge in [0.2, 0.25) is 5.91 Å². The van der Waals surface area contributed by atoms with Crippen LogP contribution in [0.4, 0.5) is 0 Å². The van der Waals surface area contributed by atoms with E-state index in [0.29, 0.717) is 12.4 Å². The molecule has 0 aliphatic rings. The monoisotopic (exact) mass is 184 g/mol. The number of nitrogens with one attached hydrogen (secondary N) is 1. The minimum Gasteiger partial charge on any atom is -0.375 e. The van der Waals surface area contributed by atoms with Crippen LogP contribution in [-0.2, 0) is 23.1 Å². The Kier molecular flexibility index (Phi) is 3.39. The number of hydrogen-bond acceptors (Lipinski definition) is 4. The van der Waals surface area contributed by atoms with Crippen LogP contribution < -0.4 is 5.32 Å². The van der Waals surface area contributed by atoms with Crippen LogP contribution in [0.2, 0.25) is 0 Å². The van der Waals surface area contributed by atoms with Crippen molar-refractivity contribution in [1.82, 2.24) is 20.1 Å². The van der Waals surface area contributed by atoms with Gasteiger partial charge < -0.3 is 10.1 Å². The first-order chi connectivity index (χ1) is 6.22. The lowest BCUT2D eigenvalue weighted by Gasteiger charge is -1.99. The molecule has 0 aliphatic carbocycles. The van der Waals surface area contributed by atoms with Gasteiger partial charge in [-0.3, -0.25) is 9.48 Å². The summed E-state index contributed by atoms with van der Waals surface area (Å²) in [5.74, 6) is 0.418. The van der Waals surface area contributed by atoms with Crippen LogP contribution in [0.5, 0.6) is 0 Å². The fraction of sp³-hybridized carbons (Fsp3) is 0.571. The minimum atomic E-state index is -0.171. The number of aromatic nitrogens is 3. The van der Waals surface area contributed by atoms with Crippen molar-refractivity contribution < 1.29 is 9.53 Å². The molecule has 0 spiro atoms. The molecular formula is C7H12N4O2. The summed E-state index contributed by atoms with van der Waals surface area (Å²) in [7, 11) is 3.24. The average Bonchev–Trinajstić information content (AvgIpc) is 2.49. The molecule has 0 saturated carbocycles. The molecule has 1 amide bonds. The largest absolute Gasteiger partial charge is 0.375 e. The van der Waals surface area contributed by atoms with Crippen molar-refractivity contribution in [2.75, 3.05) is 13.7 Å². The lowest BCUT2D eigenvalue weighted by molar-refractivity contribution is -0.124. The first-order valence-corrected chi connectivity index (χ1v) is 3.82. The number of hydrogen-bond donors (Lipinski definition) is 1. The number of methoxy groups -OCH3 is 1. The van der Waals surface area contributed by atoms with Crippen LogP contribution in [-0.4, -0.2) is 34.4 Å². The number of carbonyl (C=O) groups excluding carboxylic acids is 1. The second-order valence-electron chi connectivity index (χ2n) is 2.54. The number of carbonyl (C=O) groups is 1. The number of amides is 1. The third kappa shape index (κ3) is 3.20. The van der Waals surface area contributed by atoms with E-state index in [1.54, 1.807) is 18.1 Å². The van der Waals surface area contributed by atoms with Gasteiger partial charge in [-0.25, -0.2) is 4.98 Å². The maximum atomic E-state index is 10.9. The Morgan fingerprint density at radius 1 is 1.77 bits per heavy atom. The lowest BCUT2D eigenvalue weighted by atomic mass is 10.5. The third-order valence-corrected chi connectivity index (χ3v) is 1.37. The van der Waals surface area contributed by atoms with E-state index in [9.17, 15) is 4.79 Å². The molecule has 1 aromatic rings. The molecule has 0 radical (unpaired) electrons. The molecule has 0 bridgehead atoms. The molecule has 0 atom stereocenters. The highest BCUT2D eigenvalue weighted by Crippen LogP contribution is 1.86. The van der Waals surface area contributed by atoms with Crippen molar-refractivity contribution in [3.05, 3.63) is 12.2 Å². The average molecular weight is 184 g/mol. The zero-order valence-corrected chi connectivity index (χ0v) is 7.65. The predicted octanol–water partition coefficient (Wildman–Crippen LogP) is -0.922. The summed E-state index contributed by atoms with van der Waals surface area (Å²) in [6, 6.07) is 0. The topological polar surface area (TPSA) is 69.0 Å². The molecular weight excluding hydrogens is 172 g/mol. The number of aryl methyl sites for hydroxylation is 1. The summed E-state index contributed by atoms with van der Waals surface area (Å²) in [6.45, 7) is 0.399. The van der Waals surface area contributed by atoms with Gasteiger partial charge in [0.05, 0.1) is 6.54 Å². The fourth-order valence-electron chi connectivity index (χ4n) is 0.825. The van der Waals surface area contributed by atoms with Gasteiger partial charge in [-0.05, 0) is 0 Å². The second-order valence-corrected chi connectivity index (χ2v) is 2.54. The Bertz CT molecular complexity index is 284. The van der Waals surface area contributed by atoms with Gasteiger partial charge in [0.1, 0.15) is 12.9 Å². The van der Waals surface area contributed by atoms with E-state index in [0.717, 1.165) is 0 Å². The molecule has 13 heavy (non-hydrogen) atoms. The van der Waals surface area contributed by atoms with Crippen LogP contribution in [0.25, 0.3) is 0 Å². The molecule has 6 nitrogen and oxygen atoms in total. The number of ether oxygens (including phenoxy) is 1. The Morgan fingerprint density at radius 2 is 2.54 bits per heavy atom. The molecule has 0 aliphatic heterocycles. The molecule has 72 valence electrons. The first-order valence-electron chi connectivity index (χ1n) is 3.82. The molecule has 0 unspecified atom stereocenters. The van der Waals surface area contributed by atoms with Crippen molar-refractivity contribution in [1.29, 1.82) is 0 Å². The van der Waals surface area contributed by atoms with Gasteiger partial charge in [-0.2, -0.15) is 5.10 Å². The van der Waals surface area contributed by atoms with Crippen molar-refractivity contribution >= 4 is 5.91 Å². The van der Waals surface area contributed by atoms with Gasteiger partial charge in [0, 0.05) is 14.2 Å². The summed E-state index contributed by atoms with van der Waals surface area (Å²) >= 11 is 0. The van der Waals surface area contributed by atoms with Gasteiger partial charge >= 0.3 is 0 Å². The Labute approximate surface area is 75.9 Å². The molecule has 1 rings (SSSR count). The summed E-state index contributed by atoms with van der Waals surface area (Å²) in [4.78, 5) is 14.9. The first kappa shape index (κ1) is 9.66. The van der Waals surface area contributed by atoms with Gasteiger partial charge in [0.15, 0.2) is 5.82 Å². The van der Waals surface area contributed by atoms with E-state index in [-0.39, 0.29) is 12.5 Å². The van der Waals surface area contributed by atoms with Crippen molar-refractivity contribution in [3.8, 4) is 0 Å². The highest BCUT2D eigenvalue weighted by Gasteiger charge is 2.02. The van der Waals surface area contributed by atoms with E-state index in [4.69, 9.17) is 0 Å². The summed E-state index contributed by atoms with van der Waals surface area (Å²) in [5, 5.41) is 6.60. The zero-order chi connectivity index (χ0) is 9.68. The van der Waals surface area contributed by atoms with Crippen LogP contribution in [0, 0.1) is 0 Å². The molecule has 1 aromatic heterocycles. The van der Waals surface area contributed by atoms with Crippen LogP contribution >= 0.6 is 0 Å². The highest BCUT2D eigenvalue weighted by atomic mass is 16.5. The Morgan fingerprint density at radius 3 is 3.08 bits per heavy atom. The van der Waals surface area contributed by atoms with Crippen molar-refractivity contribution in [2.45, 2.75) is 6.54 Å². The standard InChI is InChI=1S/C7H12N4O2/c1-11-5-9-6(10-11)3-8-7(12)4-13-2/h5H,3-4H2,1-2H3,(H,8,12). The van der Waals surface area contributed by atoms with Crippen molar-refractivity contribution in [3.63, 3.8) is 0 Å². The summed E-state index contributed by atoms with van der Waals surface area (Å²) in [5.41, 5.74) is 0. The van der Waals surface area contributed by atoms with E-state index in [1.807, 2.05) is 0 Å². The van der Waals surface area contributed by atoms with Gasteiger partial charge in [-0.15, -0.1) is 0 Å². The van der Waals surface area contributed by atoms with E-state index in [1.165, 1.54) is 7.11 Å². The van der Waals surface area contributed by atoms with Gasteiger partial charge in [-0.1, -0.05) is 0 Å². The quantitative estimate of drug-likeness (QED) is 0.657. The third-order valence-electron chi connectivity index (χ3n) is 1.37. The van der Waals surface area contributed by atoms with Crippen LogP contribution in [0.1, 0.15) is 5.82 Å². The molecule has 0 aromatic carbocycles. The Hall–Kier alpha value is -1.43. The number of nitrogens with zero attached hydrogens (tertiary/aromatic N) is 3. The minimum absolute atomic E-state index is 0.0623. The smallest absolute Gasteiger partial charge is 0.246 e. The zero-order valence-electron chi connectivity index (χ0n) is 7.65. The summed E-state index contributed by atoms with van der Waals surface area (Å²) in [6.07, 6.45) is 1.58. The highest BCUT2D eigenvalue weighted by molar-refractivity contribution is 5.76. The normalized spacial score (nSPS) is 10.0. The molecule has 0 saturated heterocycles. The predicted molar refractivity (Wildman–Crippen MR) is 44.7 cm³/mol. The summed E-state index contributed by atoms with van der Waals surface area (Å²) < 4.78 is 6.22. The molecule has 6 heteroatoms. The van der Waals surface area contributed by atoms with Crippen molar-refractivity contribution in [2.24, 2.45) is 7.05 Å². The molecule has 1 N–H and O–H groups in total. The molecule has 1 heterocycles. The maximum Gasteiger partial charge on any atom is 0.246 e. The van der Waals surface area contributed by atoms with E-state index < -0.39 is 0 Å². The maximum absolute atomic E-state index is 10.9. The van der Waals surface area contributed by atoms with E-state index >= 15 is 0 Å². The Balaban J connectivity index is 2.30. The van der Waals surface area contributed by atoms with Gasteiger partial charge in [0.25, 0.3) is 0 Å². The van der Waals surface area contributed by atoms with Crippen LogP contribution in [0.3, 0.4) is 0 Å². The number of rotatable bonds is 4. The lowest BCUT2D eigenvalue weighted by Crippen LogP contribution is -2.27. The van der Waals surface area contributed by atoms with E-state index in [2.05, 4.69) is 20.1 Å². The fourth-order valence-corrected chi connectivity index (χ4v) is 0.825. The second kappa shape index (κ2) is 4.56. The SMILES string of the molecule is COCC(=O)NCc1ncn(C)n1. The molecule has 0 fully saturated rings.